The molecule has 31 heavy (non-hydrogen) atoms. The van der Waals surface area contributed by atoms with Gasteiger partial charge in [-0.2, -0.15) is 5.10 Å². The van der Waals surface area contributed by atoms with E-state index in [-0.39, 0.29) is 12.2 Å². The first-order chi connectivity index (χ1) is 14.9. The Balaban J connectivity index is 1.71. The molecule has 7 heteroatoms. The summed E-state index contributed by atoms with van der Waals surface area (Å²) in [6.07, 6.45) is 5.11. The number of carbonyl (C=O) groups is 1. The minimum absolute atomic E-state index is 0.0287. The van der Waals surface area contributed by atoms with Crippen molar-refractivity contribution in [1.82, 2.24) is 14.8 Å². The molecule has 3 aromatic rings. The lowest BCUT2D eigenvalue weighted by Crippen LogP contribution is -2.31. The fraction of sp³-hybridized carbons (Fsp3) is 0.375. The SMILES string of the molecule is Cc1nn(C)c2nc(C3CC3)c(/C=C/[C@@H]3C[C@@H](O)CC(=O)O3)c(-c3ccc(F)cc3)c12. The number of esters is 1. The van der Waals surface area contributed by atoms with Gasteiger partial charge in [0.15, 0.2) is 5.65 Å². The van der Waals surface area contributed by atoms with Gasteiger partial charge in [-0.15, -0.1) is 0 Å². The molecule has 1 aliphatic carbocycles. The average molecular weight is 421 g/mol. The lowest BCUT2D eigenvalue weighted by Gasteiger charge is -2.23. The van der Waals surface area contributed by atoms with Gasteiger partial charge in [0, 0.05) is 30.5 Å². The Morgan fingerprint density at radius 1 is 1.26 bits per heavy atom. The Morgan fingerprint density at radius 2 is 2.00 bits per heavy atom. The van der Waals surface area contributed by atoms with Crippen molar-refractivity contribution in [3.8, 4) is 11.1 Å². The molecule has 6 nitrogen and oxygen atoms in total. The molecular formula is C24H24FN3O3. The van der Waals surface area contributed by atoms with E-state index >= 15 is 0 Å². The van der Waals surface area contributed by atoms with Crippen LogP contribution in [0.3, 0.4) is 0 Å². The number of aryl methyl sites for hydroxylation is 2. The summed E-state index contributed by atoms with van der Waals surface area (Å²) in [5.41, 5.74) is 5.40. The molecule has 1 aliphatic heterocycles. The smallest absolute Gasteiger partial charge is 0.309 e. The molecule has 0 amide bonds. The summed E-state index contributed by atoms with van der Waals surface area (Å²) < 4.78 is 20.9. The molecule has 1 saturated carbocycles. The van der Waals surface area contributed by atoms with E-state index < -0.39 is 18.2 Å². The molecule has 0 bridgehead atoms. The van der Waals surface area contributed by atoms with Crippen LogP contribution < -0.4 is 0 Å². The van der Waals surface area contributed by atoms with Crippen LogP contribution in [0.5, 0.6) is 0 Å². The van der Waals surface area contributed by atoms with Gasteiger partial charge in [-0.3, -0.25) is 9.48 Å². The van der Waals surface area contributed by atoms with E-state index in [1.54, 1.807) is 16.8 Å². The number of halogens is 1. The highest BCUT2D eigenvalue weighted by atomic mass is 19.1. The monoisotopic (exact) mass is 421 g/mol. The number of aromatic nitrogens is 3. The van der Waals surface area contributed by atoms with Crippen molar-refractivity contribution in [2.24, 2.45) is 7.05 Å². The maximum Gasteiger partial charge on any atom is 0.309 e. The van der Waals surface area contributed by atoms with E-state index in [2.05, 4.69) is 5.10 Å². The first-order valence-electron chi connectivity index (χ1n) is 10.6. The van der Waals surface area contributed by atoms with E-state index in [0.717, 1.165) is 52.0 Å². The Morgan fingerprint density at radius 3 is 2.68 bits per heavy atom. The number of nitrogens with zero attached hydrogens (tertiary/aromatic N) is 3. The second-order valence-electron chi connectivity index (χ2n) is 8.46. The van der Waals surface area contributed by atoms with E-state index in [9.17, 15) is 14.3 Å². The number of aliphatic hydroxyl groups excluding tert-OH is 1. The highest BCUT2D eigenvalue weighted by molar-refractivity contribution is 6.00. The zero-order valence-electron chi connectivity index (χ0n) is 17.5. The van der Waals surface area contributed by atoms with E-state index in [1.165, 1.54) is 12.1 Å². The second kappa shape index (κ2) is 7.57. The standard InChI is InChI=1S/C24H24FN3O3/c1-13-21-22(14-5-7-16(25)8-6-14)19(10-9-18-11-17(29)12-20(30)31-18)23(15-3-4-15)26-24(21)28(2)27-13/h5-10,15,17-18,29H,3-4,11-12H2,1-2H3/b10-9+/t17-,18-/m1/s1. The summed E-state index contributed by atoms with van der Waals surface area (Å²) in [4.78, 5) is 16.7. The Kier molecular flexibility index (Phi) is 4.85. The van der Waals surface area contributed by atoms with Crippen LogP contribution in [0.4, 0.5) is 4.39 Å². The molecule has 3 heterocycles. The summed E-state index contributed by atoms with van der Waals surface area (Å²) in [6, 6.07) is 6.46. The quantitative estimate of drug-likeness (QED) is 0.644. The van der Waals surface area contributed by atoms with Crippen molar-refractivity contribution >= 4 is 23.1 Å². The number of rotatable bonds is 4. The van der Waals surface area contributed by atoms with Crippen molar-refractivity contribution < 1.29 is 19.0 Å². The lowest BCUT2D eigenvalue weighted by molar-refractivity contribution is -0.156. The lowest BCUT2D eigenvalue weighted by atomic mass is 9.92. The van der Waals surface area contributed by atoms with Crippen LogP contribution in [0.2, 0.25) is 0 Å². The zero-order chi connectivity index (χ0) is 21.7. The van der Waals surface area contributed by atoms with Crippen LogP contribution in [0.15, 0.2) is 30.3 Å². The van der Waals surface area contributed by atoms with Gasteiger partial charge in [-0.05, 0) is 43.5 Å². The molecule has 0 spiro atoms. The molecule has 5 rings (SSSR count). The summed E-state index contributed by atoms with van der Waals surface area (Å²) in [5.74, 6) is -0.330. The van der Waals surface area contributed by atoms with Crippen molar-refractivity contribution in [1.29, 1.82) is 0 Å². The highest BCUT2D eigenvalue weighted by Crippen LogP contribution is 2.46. The predicted molar refractivity (Wildman–Crippen MR) is 115 cm³/mol. The third-order valence-corrected chi connectivity index (χ3v) is 5.98. The van der Waals surface area contributed by atoms with E-state index in [4.69, 9.17) is 9.72 Å². The molecule has 1 N–H and O–H groups in total. The fourth-order valence-corrected chi connectivity index (χ4v) is 4.39. The van der Waals surface area contributed by atoms with Crippen LogP contribution in [0, 0.1) is 12.7 Å². The van der Waals surface area contributed by atoms with Crippen molar-refractivity contribution in [3.05, 3.63) is 53.1 Å². The molecule has 2 atom stereocenters. The third kappa shape index (κ3) is 3.74. The topological polar surface area (TPSA) is 77.2 Å². The maximum absolute atomic E-state index is 13.7. The molecule has 2 fully saturated rings. The number of ether oxygens (including phenoxy) is 1. The number of benzene rings is 1. The summed E-state index contributed by atoms with van der Waals surface area (Å²) in [5, 5.41) is 15.5. The fourth-order valence-electron chi connectivity index (χ4n) is 4.39. The first kappa shape index (κ1) is 19.9. The largest absolute Gasteiger partial charge is 0.458 e. The molecular weight excluding hydrogens is 397 g/mol. The van der Waals surface area contributed by atoms with Gasteiger partial charge in [-0.1, -0.05) is 18.2 Å². The molecule has 1 aromatic carbocycles. The summed E-state index contributed by atoms with van der Waals surface area (Å²) in [7, 11) is 1.88. The maximum atomic E-state index is 13.7. The number of carbonyl (C=O) groups excluding carboxylic acids is 1. The second-order valence-corrected chi connectivity index (χ2v) is 8.46. The Bertz CT molecular complexity index is 1200. The zero-order valence-corrected chi connectivity index (χ0v) is 17.5. The van der Waals surface area contributed by atoms with Gasteiger partial charge in [0.1, 0.15) is 11.9 Å². The highest BCUT2D eigenvalue weighted by Gasteiger charge is 2.31. The van der Waals surface area contributed by atoms with Crippen LogP contribution in [-0.2, 0) is 16.6 Å². The van der Waals surface area contributed by atoms with Crippen LogP contribution in [0.1, 0.15) is 48.6 Å². The van der Waals surface area contributed by atoms with E-state index in [0.29, 0.717) is 12.3 Å². The number of cyclic esters (lactones) is 1. The van der Waals surface area contributed by atoms with Crippen molar-refractivity contribution in [3.63, 3.8) is 0 Å². The van der Waals surface area contributed by atoms with Gasteiger partial charge < -0.3 is 9.84 Å². The normalized spacial score (nSPS) is 21.7. The molecule has 1 saturated heterocycles. The van der Waals surface area contributed by atoms with E-state index in [1.807, 2.05) is 26.1 Å². The first-order valence-corrected chi connectivity index (χ1v) is 10.6. The molecule has 0 unspecified atom stereocenters. The molecule has 160 valence electrons. The molecule has 2 aliphatic rings. The number of hydrogen-bond donors (Lipinski definition) is 1. The van der Waals surface area contributed by atoms with Crippen molar-refractivity contribution in [2.75, 3.05) is 0 Å². The molecule has 2 aromatic heterocycles. The Labute approximate surface area is 179 Å². The third-order valence-electron chi connectivity index (χ3n) is 5.98. The van der Waals surface area contributed by atoms with Gasteiger partial charge in [0.05, 0.1) is 29.3 Å². The minimum atomic E-state index is -0.698. The van der Waals surface area contributed by atoms with Gasteiger partial charge in [0.25, 0.3) is 0 Å². The average Bonchev–Trinajstić information content (AvgIpc) is 3.52. The van der Waals surface area contributed by atoms with Crippen molar-refractivity contribution in [2.45, 2.75) is 50.7 Å². The van der Waals surface area contributed by atoms with Gasteiger partial charge in [0.2, 0.25) is 0 Å². The number of pyridine rings is 1. The van der Waals surface area contributed by atoms with Gasteiger partial charge >= 0.3 is 5.97 Å². The van der Waals surface area contributed by atoms with Gasteiger partial charge in [-0.25, -0.2) is 9.37 Å². The number of hydrogen-bond acceptors (Lipinski definition) is 5. The summed E-state index contributed by atoms with van der Waals surface area (Å²) >= 11 is 0. The van der Waals surface area contributed by atoms with Crippen LogP contribution in [0.25, 0.3) is 28.2 Å². The molecule has 0 radical (unpaired) electrons. The number of aliphatic hydroxyl groups is 1. The minimum Gasteiger partial charge on any atom is -0.458 e. The Hall–Kier alpha value is -3.06. The van der Waals surface area contributed by atoms with Crippen LogP contribution >= 0.6 is 0 Å². The number of fused-ring (bicyclic) bond motifs is 1. The summed E-state index contributed by atoms with van der Waals surface area (Å²) in [6.45, 7) is 1.95. The van der Waals surface area contributed by atoms with Crippen LogP contribution in [-0.4, -0.2) is 38.0 Å². The predicted octanol–water partition coefficient (Wildman–Crippen LogP) is 4.04.